The third kappa shape index (κ3) is 3.28. The molecule has 0 saturated heterocycles. The zero-order valence-electron chi connectivity index (χ0n) is 15.7. The van der Waals surface area contributed by atoms with E-state index < -0.39 is 5.60 Å². The van der Waals surface area contributed by atoms with Gasteiger partial charge in [-0.1, -0.05) is 30.3 Å². The molecule has 0 bridgehead atoms. The Morgan fingerprint density at radius 1 is 0.692 bits per heavy atom. The Labute approximate surface area is 155 Å². The number of nitrogens with zero attached hydrogens (tertiary/aromatic N) is 3. The van der Waals surface area contributed by atoms with Crippen LogP contribution < -0.4 is 9.80 Å². The van der Waals surface area contributed by atoms with Crippen molar-refractivity contribution >= 4 is 11.4 Å². The van der Waals surface area contributed by atoms with E-state index in [0.29, 0.717) is 5.69 Å². The summed E-state index contributed by atoms with van der Waals surface area (Å²) in [5.41, 5.74) is 3.05. The molecule has 0 fully saturated rings. The predicted molar refractivity (Wildman–Crippen MR) is 108 cm³/mol. The second-order valence-electron chi connectivity index (χ2n) is 6.81. The van der Waals surface area contributed by atoms with Crippen molar-refractivity contribution in [1.29, 1.82) is 0 Å². The average molecular weight is 347 g/mol. The summed E-state index contributed by atoms with van der Waals surface area (Å²) in [7, 11) is 8.00. The van der Waals surface area contributed by atoms with Crippen LogP contribution in [0.25, 0.3) is 0 Å². The number of anilines is 2. The Bertz CT molecular complexity index is 789. The van der Waals surface area contributed by atoms with Crippen LogP contribution in [0.5, 0.6) is 0 Å². The van der Waals surface area contributed by atoms with Crippen molar-refractivity contribution in [3.63, 3.8) is 0 Å². The quantitative estimate of drug-likeness (QED) is 0.767. The van der Waals surface area contributed by atoms with Crippen LogP contribution in [-0.2, 0) is 5.60 Å². The van der Waals surface area contributed by atoms with E-state index in [1.54, 1.807) is 6.20 Å². The van der Waals surface area contributed by atoms with Crippen LogP contribution >= 0.6 is 0 Å². The molecular weight excluding hydrogens is 322 g/mol. The number of benzene rings is 2. The van der Waals surface area contributed by atoms with Crippen LogP contribution in [-0.4, -0.2) is 38.3 Å². The maximum atomic E-state index is 11.8. The zero-order valence-corrected chi connectivity index (χ0v) is 15.7. The summed E-state index contributed by atoms with van der Waals surface area (Å²) >= 11 is 0. The minimum Gasteiger partial charge on any atom is -0.378 e. The molecule has 1 N–H and O–H groups in total. The fourth-order valence-electron chi connectivity index (χ4n) is 3.04. The van der Waals surface area contributed by atoms with E-state index in [9.17, 15) is 5.11 Å². The van der Waals surface area contributed by atoms with Gasteiger partial charge in [0.25, 0.3) is 0 Å². The molecule has 0 aliphatic rings. The van der Waals surface area contributed by atoms with Crippen LogP contribution in [0, 0.1) is 0 Å². The lowest BCUT2D eigenvalue weighted by Crippen LogP contribution is -2.30. The summed E-state index contributed by atoms with van der Waals surface area (Å²) in [4.78, 5) is 8.52. The first-order valence-corrected chi connectivity index (χ1v) is 8.62. The molecule has 3 aromatic rings. The maximum Gasteiger partial charge on any atom is 0.157 e. The summed E-state index contributed by atoms with van der Waals surface area (Å²) in [6.07, 6.45) is 1.71. The highest BCUT2D eigenvalue weighted by molar-refractivity contribution is 5.54. The van der Waals surface area contributed by atoms with E-state index >= 15 is 0 Å². The lowest BCUT2D eigenvalue weighted by Gasteiger charge is -2.30. The normalized spacial score (nSPS) is 11.3. The molecule has 26 heavy (non-hydrogen) atoms. The van der Waals surface area contributed by atoms with Crippen LogP contribution in [0.2, 0.25) is 0 Å². The van der Waals surface area contributed by atoms with Crippen molar-refractivity contribution in [3.05, 3.63) is 89.7 Å². The summed E-state index contributed by atoms with van der Waals surface area (Å²) < 4.78 is 0. The number of aliphatic hydroxyl groups is 1. The van der Waals surface area contributed by atoms with Gasteiger partial charge in [-0.25, -0.2) is 0 Å². The minimum atomic E-state index is -1.31. The van der Waals surface area contributed by atoms with Crippen molar-refractivity contribution in [2.45, 2.75) is 5.60 Å². The van der Waals surface area contributed by atoms with Crippen molar-refractivity contribution in [2.75, 3.05) is 38.0 Å². The van der Waals surface area contributed by atoms with Gasteiger partial charge < -0.3 is 14.9 Å². The molecule has 3 rings (SSSR count). The largest absolute Gasteiger partial charge is 0.378 e. The van der Waals surface area contributed by atoms with E-state index in [1.807, 2.05) is 105 Å². The third-order valence-corrected chi connectivity index (χ3v) is 4.64. The maximum absolute atomic E-state index is 11.8. The fraction of sp³-hybridized carbons (Fsp3) is 0.227. The smallest absolute Gasteiger partial charge is 0.157 e. The van der Waals surface area contributed by atoms with E-state index in [2.05, 4.69) is 4.98 Å². The predicted octanol–water partition coefficient (Wildman–Crippen LogP) is 3.50. The third-order valence-electron chi connectivity index (χ3n) is 4.64. The molecule has 0 atom stereocenters. The van der Waals surface area contributed by atoms with Crippen LogP contribution in [0.4, 0.5) is 11.4 Å². The van der Waals surface area contributed by atoms with E-state index in [1.165, 1.54) is 0 Å². The number of hydrogen-bond donors (Lipinski definition) is 1. The Kier molecular flexibility index (Phi) is 4.96. The first-order valence-electron chi connectivity index (χ1n) is 8.62. The van der Waals surface area contributed by atoms with Gasteiger partial charge in [0.1, 0.15) is 0 Å². The second-order valence-corrected chi connectivity index (χ2v) is 6.81. The van der Waals surface area contributed by atoms with Crippen molar-refractivity contribution in [3.8, 4) is 0 Å². The molecule has 4 heteroatoms. The fourth-order valence-corrected chi connectivity index (χ4v) is 3.04. The van der Waals surface area contributed by atoms with E-state index in [-0.39, 0.29) is 0 Å². The molecule has 0 spiro atoms. The first-order chi connectivity index (χ1) is 12.4. The molecule has 4 nitrogen and oxygen atoms in total. The second kappa shape index (κ2) is 7.18. The van der Waals surface area contributed by atoms with E-state index in [4.69, 9.17) is 0 Å². The van der Waals surface area contributed by atoms with Gasteiger partial charge in [0.05, 0.1) is 5.69 Å². The van der Waals surface area contributed by atoms with Crippen molar-refractivity contribution in [2.24, 2.45) is 0 Å². The lowest BCUT2D eigenvalue weighted by molar-refractivity contribution is 0.121. The van der Waals surface area contributed by atoms with Crippen LogP contribution in [0.1, 0.15) is 16.8 Å². The van der Waals surface area contributed by atoms with Gasteiger partial charge in [0.15, 0.2) is 5.60 Å². The summed E-state index contributed by atoms with van der Waals surface area (Å²) in [5.74, 6) is 0. The zero-order chi connectivity index (χ0) is 18.7. The molecule has 0 radical (unpaired) electrons. The molecule has 0 amide bonds. The lowest BCUT2D eigenvalue weighted by atomic mass is 9.83. The Balaban J connectivity index is 2.14. The Hall–Kier alpha value is -2.85. The van der Waals surface area contributed by atoms with Gasteiger partial charge in [-0.2, -0.15) is 0 Å². The molecule has 0 aliphatic carbocycles. The number of aromatic nitrogens is 1. The molecule has 2 aromatic carbocycles. The highest BCUT2D eigenvalue weighted by atomic mass is 16.3. The van der Waals surface area contributed by atoms with Gasteiger partial charge in [-0.05, 0) is 47.5 Å². The molecule has 0 aliphatic heterocycles. The van der Waals surface area contributed by atoms with Gasteiger partial charge in [0, 0.05) is 45.8 Å². The van der Waals surface area contributed by atoms with Gasteiger partial charge in [-0.3, -0.25) is 4.98 Å². The number of hydrogen-bond acceptors (Lipinski definition) is 4. The number of rotatable bonds is 5. The topological polar surface area (TPSA) is 39.6 Å². The molecular formula is C22H25N3O. The molecule has 0 unspecified atom stereocenters. The van der Waals surface area contributed by atoms with E-state index in [0.717, 1.165) is 22.5 Å². The van der Waals surface area contributed by atoms with Crippen molar-refractivity contribution < 1.29 is 5.11 Å². The number of pyridine rings is 1. The van der Waals surface area contributed by atoms with Gasteiger partial charge >= 0.3 is 0 Å². The Morgan fingerprint density at radius 2 is 1.15 bits per heavy atom. The van der Waals surface area contributed by atoms with Gasteiger partial charge in [0.2, 0.25) is 0 Å². The molecule has 1 heterocycles. The minimum absolute atomic E-state index is 0.607. The van der Waals surface area contributed by atoms with Crippen molar-refractivity contribution in [1.82, 2.24) is 4.98 Å². The molecule has 134 valence electrons. The van der Waals surface area contributed by atoms with Gasteiger partial charge in [-0.15, -0.1) is 0 Å². The standard InChI is InChI=1S/C22H25N3O/c1-24(2)19-12-8-17(9-13-19)22(26,21-7-5-6-16-23-21)18-10-14-20(15-11-18)25(3)4/h5-16,26H,1-4H3. The highest BCUT2D eigenvalue weighted by Gasteiger charge is 2.35. The molecule has 0 saturated carbocycles. The summed E-state index contributed by atoms with van der Waals surface area (Å²) in [6.45, 7) is 0. The van der Waals surface area contributed by atoms with Crippen LogP contribution in [0.3, 0.4) is 0 Å². The summed E-state index contributed by atoms with van der Waals surface area (Å²) in [6, 6.07) is 21.5. The Morgan fingerprint density at radius 3 is 1.50 bits per heavy atom. The SMILES string of the molecule is CN(C)c1ccc(C(O)(c2ccc(N(C)C)cc2)c2ccccn2)cc1. The first kappa shape index (κ1) is 18.0. The highest BCUT2D eigenvalue weighted by Crippen LogP contribution is 2.36. The van der Waals surface area contributed by atoms with Crippen LogP contribution in [0.15, 0.2) is 72.9 Å². The molecule has 1 aromatic heterocycles. The monoisotopic (exact) mass is 347 g/mol. The summed E-state index contributed by atoms with van der Waals surface area (Å²) in [5, 5.41) is 11.8. The average Bonchev–Trinajstić information content (AvgIpc) is 2.68.